The van der Waals surface area contributed by atoms with Crippen molar-refractivity contribution in [1.29, 1.82) is 0 Å². The number of rotatable bonds is 2. The second-order valence-corrected chi connectivity index (χ2v) is 3.98. The van der Waals surface area contributed by atoms with Crippen LogP contribution in [0.5, 0.6) is 11.6 Å². The van der Waals surface area contributed by atoms with E-state index in [2.05, 4.69) is 14.5 Å². The lowest BCUT2D eigenvalue weighted by molar-refractivity contribution is -0.276. The highest BCUT2D eigenvalue weighted by Gasteiger charge is 2.43. The molecule has 0 saturated heterocycles. The molecule has 0 bridgehead atoms. The summed E-state index contributed by atoms with van der Waals surface area (Å²) >= 11 is 1.44. The number of aromatic nitrogens is 1. The number of alkyl halides is 6. The number of nitrogens with zero attached hydrogens (tertiary/aromatic N) is 1. The molecule has 0 aliphatic heterocycles. The van der Waals surface area contributed by atoms with Gasteiger partial charge in [0, 0.05) is 6.07 Å². The Morgan fingerprint density at radius 1 is 1.17 bits per heavy atom. The third-order valence-electron chi connectivity index (χ3n) is 1.62. The molecule has 3 nitrogen and oxygen atoms in total. The minimum absolute atomic E-state index is 0.128. The second kappa shape index (κ2) is 4.97. The van der Waals surface area contributed by atoms with Crippen LogP contribution in [0.3, 0.4) is 0 Å². The van der Waals surface area contributed by atoms with Gasteiger partial charge in [-0.1, -0.05) is 0 Å². The molecule has 0 unspecified atom stereocenters. The summed E-state index contributed by atoms with van der Waals surface area (Å²) in [5.41, 5.74) is -1.71. The van der Waals surface area contributed by atoms with Gasteiger partial charge in [0.25, 0.3) is 0 Å². The SMILES string of the molecule is COc1nc(I)cc(OC(F)(F)F)c1C(F)(F)F. The Bertz CT molecular complexity index is 444. The Hall–Kier alpha value is -0.940. The minimum Gasteiger partial charge on any atom is -0.480 e. The van der Waals surface area contributed by atoms with Crippen LogP contribution < -0.4 is 9.47 Å². The highest BCUT2D eigenvalue weighted by molar-refractivity contribution is 14.1. The van der Waals surface area contributed by atoms with Gasteiger partial charge >= 0.3 is 12.5 Å². The molecular weight excluding hydrogens is 383 g/mol. The van der Waals surface area contributed by atoms with Crippen molar-refractivity contribution in [1.82, 2.24) is 4.98 Å². The third kappa shape index (κ3) is 3.78. The van der Waals surface area contributed by atoms with Crippen molar-refractivity contribution < 1.29 is 35.8 Å². The standard InChI is InChI=1S/C8H4F6INO2/c1-17-6-5(7(9,10)11)3(2-4(15)16-6)18-8(12,13)14/h2H,1H3. The highest BCUT2D eigenvalue weighted by atomic mass is 127. The molecule has 0 fully saturated rings. The normalized spacial score (nSPS) is 12.4. The Morgan fingerprint density at radius 3 is 2.11 bits per heavy atom. The maximum absolute atomic E-state index is 12.6. The van der Waals surface area contributed by atoms with E-state index >= 15 is 0 Å². The molecule has 0 spiro atoms. The van der Waals surface area contributed by atoms with Crippen molar-refractivity contribution >= 4 is 22.6 Å². The maximum atomic E-state index is 12.6. The fraction of sp³-hybridized carbons (Fsp3) is 0.375. The Morgan fingerprint density at radius 2 is 1.72 bits per heavy atom. The van der Waals surface area contributed by atoms with E-state index in [9.17, 15) is 26.3 Å². The van der Waals surface area contributed by atoms with Gasteiger partial charge in [-0.25, -0.2) is 4.98 Å². The van der Waals surface area contributed by atoms with Crippen molar-refractivity contribution in [3.63, 3.8) is 0 Å². The number of hydrogen-bond donors (Lipinski definition) is 0. The lowest BCUT2D eigenvalue weighted by Crippen LogP contribution is -2.21. The van der Waals surface area contributed by atoms with Gasteiger partial charge < -0.3 is 9.47 Å². The van der Waals surface area contributed by atoms with Crippen LogP contribution in [0.1, 0.15) is 5.56 Å². The molecular formula is C8H4F6INO2. The second-order valence-electron chi connectivity index (χ2n) is 2.87. The summed E-state index contributed by atoms with van der Waals surface area (Å²) in [5, 5.41) is 0. The number of hydrogen-bond acceptors (Lipinski definition) is 3. The summed E-state index contributed by atoms with van der Waals surface area (Å²) in [5.74, 6) is -2.38. The molecule has 0 saturated carbocycles. The summed E-state index contributed by atoms with van der Waals surface area (Å²) in [6.07, 6.45) is -10.3. The van der Waals surface area contributed by atoms with E-state index in [-0.39, 0.29) is 3.70 Å². The van der Waals surface area contributed by atoms with Crippen LogP contribution in [-0.2, 0) is 6.18 Å². The summed E-state index contributed by atoms with van der Waals surface area (Å²) in [6, 6.07) is 0.527. The Labute approximate surface area is 110 Å². The third-order valence-corrected chi connectivity index (χ3v) is 2.17. The first-order valence-corrected chi connectivity index (χ1v) is 5.20. The summed E-state index contributed by atoms with van der Waals surface area (Å²) in [4.78, 5) is 3.35. The van der Waals surface area contributed by atoms with Crippen LogP contribution in [-0.4, -0.2) is 18.5 Å². The lowest BCUT2D eigenvalue weighted by atomic mass is 10.2. The van der Waals surface area contributed by atoms with E-state index in [0.717, 1.165) is 7.11 Å². The molecule has 0 aliphatic rings. The summed E-state index contributed by atoms with van der Waals surface area (Å²) in [6.45, 7) is 0. The van der Waals surface area contributed by atoms with Crippen LogP contribution >= 0.6 is 22.6 Å². The van der Waals surface area contributed by atoms with Gasteiger partial charge in [0.2, 0.25) is 5.88 Å². The number of pyridine rings is 1. The van der Waals surface area contributed by atoms with E-state index < -0.39 is 29.7 Å². The first-order valence-electron chi connectivity index (χ1n) is 4.12. The molecule has 0 aromatic carbocycles. The largest absolute Gasteiger partial charge is 0.573 e. The van der Waals surface area contributed by atoms with Crippen LogP contribution in [0.25, 0.3) is 0 Å². The average Bonchev–Trinajstić information content (AvgIpc) is 2.11. The molecule has 102 valence electrons. The predicted molar refractivity (Wildman–Crippen MR) is 55.2 cm³/mol. The number of halogens is 7. The van der Waals surface area contributed by atoms with Crippen LogP contribution in [0, 0.1) is 3.70 Å². The Kier molecular flexibility index (Phi) is 4.18. The molecule has 18 heavy (non-hydrogen) atoms. The fourth-order valence-electron chi connectivity index (χ4n) is 1.08. The summed E-state index contributed by atoms with van der Waals surface area (Å²) in [7, 11) is 0.866. The zero-order valence-electron chi connectivity index (χ0n) is 8.49. The molecule has 0 N–H and O–H groups in total. The number of ether oxygens (including phenoxy) is 2. The fourth-order valence-corrected chi connectivity index (χ4v) is 1.59. The highest BCUT2D eigenvalue weighted by Crippen LogP contribution is 2.43. The molecule has 10 heteroatoms. The van der Waals surface area contributed by atoms with Crippen molar-refractivity contribution in [2.75, 3.05) is 7.11 Å². The molecule has 0 atom stereocenters. The van der Waals surface area contributed by atoms with Crippen molar-refractivity contribution in [2.24, 2.45) is 0 Å². The van der Waals surface area contributed by atoms with Crippen molar-refractivity contribution in [3.8, 4) is 11.6 Å². The Balaban J connectivity index is 3.43. The predicted octanol–water partition coefficient (Wildman–Crippen LogP) is 3.61. The average molecular weight is 387 g/mol. The van der Waals surface area contributed by atoms with Gasteiger partial charge in [0.05, 0.1) is 7.11 Å². The topological polar surface area (TPSA) is 31.4 Å². The molecule has 0 amide bonds. The van der Waals surface area contributed by atoms with E-state index in [0.29, 0.717) is 6.07 Å². The van der Waals surface area contributed by atoms with E-state index in [1.807, 2.05) is 0 Å². The van der Waals surface area contributed by atoms with Gasteiger partial charge in [-0.2, -0.15) is 13.2 Å². The minimum atomic E-state index is -5.24. The van der Waals surface area contributed by atoms with Crippen molar-refractivity contribution in [2.45, 2.75) is 12.5 Å². The molecule has 1 aromatic rings. The lowest BCUT2D eigenvalue weighted by Gasteiger charge is -2.17. The first-order chi connectivity index (χ1) is 8.04. The number of methoxy groups -OCH3 is 1. The summed E-state index contributed by atoms with van der Waals surface area (Å²) < 4.78 is 81.5. The van der Waals surface area contributed by atoms with Crippen LogP contribution in [0.4, 0.5) is 26.3 Å². The maximum Gasteiger partial charge on any atom is 0.573 e. The monoisotopic (exact) mass is 387 g/mol. The zero-order valence-corrected chi connectivity index (χ0v) is 10.6. The van der Waals surface area contributed by atoms with Gasteiger partial charge in [0.1, 0.15) is 9.45 Å². The van der Waals surface area contributed by atoms with Gasteiger partial charge in [-0.15, -0.1) is 13.2 Å². The van der Waals surface area contributed by atoms with E-state index in [4.69, 9.17) is 0 Å². The van der Waals surface area contributed by atoms with Crippen molar-refractivity contribution in [3.05, 3.63) is 15.3 Å². The quantitative estimate of drug-likeness (QED) is 0.442. The molecule has 1 heterocycles. The first kappa shape index (κ1) is 15.1. The molecule has 0 aliphatic carbocycles. The van der Waals surface area contributed by atoms with Gasteiger partial charge in [-0.3, -0.25) is 0 Å². The smallest absolute Gasteiger partial charge is 0.480 e. The molecule has 0 radical (unpaired) electrons. The zero-order chi connectivity index (χ0) is 14.1. The van der Waals surface area contributed by atoms with Gasteiger partial charge in [0.15, 0.2) is 5.56 Å². The van der Waals surface area contributed by atoms with Gasteiger partial charge in [-0.05, 0) is 22.6 Å². The van der Waals surface area contributed by atoms with E-state index in [1.54, 1.807) is 0 Å². The van der Waals surface area contributed by atoms with E-state index in [1.165, 1.54) is 22.6 Å². The molecule has 1 aromatic heterocycles. The van der Waals surface area contributed by atoms with Crippen LogP contribution in [0.2, 0.25) is 0 Å². The van der Waals surface area contributed by atoms with Crippen LogP contribution in [0.15, 0.2) is 6.07 Å². The molecule has 1 rings (SSSR count).